The second kappa shape index (κ2) is 6.66. The molecule has 1 N–H and O–H groups in total. The van der Waals surface area contributed by atoms with Gasteiger partial charge in [-0.25, -0.2) is 0 Å². The van der Waals surface area contributed by atoms with Crippen molar-refractivity contribution in [1.29, 1.82) is 0 Å². The molecular formula is C15H20N2S. The molecule has 0 aliphatic rings. The molecule has 0 fully saturated rings. The van der Waals surface area contributed by atoms with Crippen LogP contribution in [0.1, 0.15) is 35.2 Å². The van der Waals surface area contributed by atoms with Crippen LogP contribution in [0.2, 0.25) is 0 Å². The molecule has 0 aliphatic carbocycles. The number of likely N-dealkylation sites (N-methyl/N-ethyl adjacent to an activating group) is 1. The molecule has 1 atom stereocenters. The van der Waals surface area contributed by atoms with E-state index in [1.54, 1.807) is 0 Å². The van der Waals surface area contributed by atoms with Gasteiger partial charge in [-0.2, -0.15) is 0 Å². The summed E-state index contributed by atoms with van der Waals surface area (Å²) in [5, 5.41) is 3.54. The first-order valence-corrected chi connectivity index (χ1v) is 7.36. The van der Waals surface area contributed by atoms with Gasteiger partial charge in [0, 0.05) is 34.6 Å². The van der Waals surface area contributed by atoms with Gasteiger partial charge in [0.15, 0.2) is 0 Å². The van der Waals surface area contributed by atoms with E-state index in [-0.39, 0.29) is 0 Å². The van der Waals surface area contributed by atoms with Crippen LogP contribution in [-0.2, 0) is 12.8 Å². The Morgan fingerprint density at radius 2 is 2.06 bits per heavy atom. The lowest BCUT2D eigenvalue weighted by Gasteiger charge is -2.17. The third-order valence-corrected chi connectivity index (χ3v) is 4.26. The molecule has 0 aromatic carbocycles. The minimum absolute atomic E-state index is 0.368. The molecule has 2 heterocycles. The fraction of sp³-hybridized carbons (Fsp3) is 0.400. The molecule has 96 valence electrons. The summed E-state index contributed by atoms with van der Waals surface area (Å²) >= 11 is 1.92. The molecule has 2 nitrogen and oxygen atoms in total. The Bertz CT molecular complexity index is 464. The highest BCUT2D eigenvalue weighted by Gasteiger charge is 2.12. The fourth-order valence-corrected chi connectivity index (χ4v) is 3.06. The summed E-state index contributed by atoms with van der Waals surface area (Å²) in [6.45, 7) is 5.33. The van der Waals surface area contributed by atoms with Crippen molar-refractivity contribution in [2.24, 2.45) is 0 Å². The van der Waals surface area contributed by atoms with Crippen molar-refractivity contribution in [3.63, 3.8) is 0 Å². The van der Waals surface area contributed by atoms with E-state index in [1.807, 2.05) is 29.8 Å². The topological polar surface area (TPSA) is 24.9 Å². The number of nitrogens with one attached hydrogen (secondary N) is 1. The Kier molecular flexibility index (Phi) is 4.90. The average Bonchev–Trinajstić information content (AvgIpc) is 2.87. The van der Waals surface area contributed by atoms with Crippen molar-refractivity contribution in [2.45, 2.75) is 32.7 Å². The normalized spacial score (nSPS) is 12.6. The smallest absolute Gasteiger partial charge is 0.0384 e. The van der Waals surface area contributed by atoms with Crippen LogP contribution in [0.3, 0.4) is 0 Å². The second-order valence-electron chi connectivity index (χ2n) is 4.32. The van der Waals surface area contributed by atoms with E-state index in [1.165, 1.54) is 15.3 Å². The van der Waals surface area contributed by atoms with Gasteiger partial charge in [-0.3, -0.25) is 4.98 Å². The molecule has 0 amide bonds. The van der Waals surface area contributed by atoms with Crippen LogP contribution in [0.4, 0.5) is 0 Å². The summed E-state index contributed by atoms with van der Waals surface area (Å²) < 4.78 is 0. The van der Waals surface area contributed by atoms with Crippen LogP contribution < -0.4 is 5.32 Å². The van der Waals surface area contributed by atoms with Crippen LogP contribution >= 0.6 is 11.3 Å². The van der Waals surface area contributed by atoms with Crippen molar-refractivity contribution < 1.29 is 0 Å². The fourth-order valence-electron chi connectivity index (χ4n) is 2.06. The van der Waals surface area contributed by atoms with Gasteiger partial charge in [0.2, 0.25) is 0 Å². The van der Waals surface area contributed by atoms with Crippen molar-refractivity contribution in [1.82, 2.24) is 10.3 Å². The first-order chi connectivity index (χ1) is 8.83. The number of nitrogens with zero attached hydrogens (tertiary/aromatic N) is 1. The molecule has 2 rings (SSSR count). The Hall–Kier alpha value is -1.19. The number of thiophene rings is 1. The van der Waals surface area contributed by atoms with Gasteiger partial charge in [-0.1, -0.05) is 19.9 Å². The number of aryl methyl sites for hydroxylation is 1. The highest BCUT2D eigenvalue weighted by atomic mass is 32.1. The molecule has 18 heavy (non-hydrogen) atoms. The highest BCUT2D eigenvalue weighted by Crippen LogP contribution is 2.23. The maximum Gasteiger partial charge on any atom is 0.0384 e. The molecule has 0 saturated carbocycles. The third-order valence-electron chi connectivity index (χ3n) is 3.01. The Morgan fingerprint density at radius 1 is 1.22 bits per heavy atom. The zero-order chi connectivity index (χ0) is 12.8. The van der Waals surface area contributed by atoms with Gasteiger partial charge in [-0.15, -0.1) is 11.3 Å². The molecule has 0 spiro atoms. The van der Waals surface area contributed by atoms with E-state index in [0.717, 1.165) is 19.4 Å². The van der Waals surface area contributed by atoms with Crippen LogP contribution in [0.15, 0.2) is 36.7 Å². The number of hydrogen-bond acceptors (Lipinski definition) is 3. The minimum Gasteiger partial charge on any atom is -0.310 e. The lowest BCUT2D eigenvalue weighted by molar-refractivity contribution is 0.552. The molecule has 2 aromatic rings. The molecule has 0 aliphatic heterocycles. The third kappa shape index (κ3) is 3.40. The zero-order valence-electron chi connectivity index (χ0n) is 11.0. The lowest BCUT2D eigenvalue weighted by atomic mass is 10.1. The van der Waals surface area contributed by atoms with Gasteiger partial charge in [0.1, 0.15) is 0 Å². The highest BCUT2D eigenvalue weighted by molar-refractivity contribution is 7.11. The van der Waals surface area contributed by atoms with Crippen LogP contribution in [0.25, 0.3) is 0 Å². The Balaban J connectivity index is 2.11. The lowest BCUT2D eigenvalue weighted by Crippen LogP contribution is -2.22. The Morgan fingerprint density at radius 3 is 2.67 bits per heavy atom. The van der Waals surface area contributed by atoms with Crippen molar-refractivity contribution in [2.75, 3.05) is 6.54 Å². The largest absolute Gasteiger partial charge is 0.310 e. The quantitative estimate of drug-likeness (QED) is 0.858. The van der Waals surface area contributed by atoms with Gasteiger partial charge in [0.25, 0.3) is 0 Å². The monoisotopic (exact) mass is 260 g/mol. The van der Waals surface area contributed by atoms with Crippen molar-refractivity contribution >= 4 is 11.3 Å². The van der Waals surface area contributed by atoms with E-state index in [0.29, 0.717) is 6.04 Å². The molecule has 2 aromatic heterocycles. The average molecular weight is 260 g/mol. The summed E-state index contributed by atoms with van der Waals surface area (Å²) in [7, 11) is 0. The minimum atomic E-state index is 0.368. The molecule has 0 saturated heterocycles. The number of hydrogen-bond donors (Lipinski definition) is 1. The zero-order valence-corrected chi connectivity index (χ0v) is 11.8. The summed E-state index contributed by atoms with van der Waals surface area (Å²) in [5.41, 5.74) is 1.27. The predicted octanol–water partition coefficient (Wildman–Crippen LogP) is 3.60. The standard InChI is InChI=1S/C15H20N2S/c1-3-13-7-8-14(18-13)10-15(17-4-2)12-6-5-9-16-11-12/h5-9,11,15,17H,3-4,10H2,1-2H3. The van der Waals surface area contributed by atoms with Crippen LogP contribution in [0, 0.1) is 0 Å². The summed E-state index contributed by atoms with van der Waals surface area (Å²) in [6, 6.07) is 9.02. The van der Waals surface area contributed by atoms with Crippen molar-refractivity contribution in [3.05, 3.63) is 52.0 Å². The maximum atomic E-state index is 4.21. The first kappa shape index (κ1) is 13.2. The SMILES string of the molecule is CCNC(Cc1ccc(CC)s1)c1cccnc1. The number of aromatic nitrogens is 1. The molecular weight excluding hydrogens is 240 g/mol. The predicted molar refractivity (Wildman–Crippen MR) is 78.1 cm³/mol. The van der Waals surface area contributed by atoms with E-state index in [9.17, 15) is 0 Å². The van der Waals surface area contributed by atoms with Gasteiger partial charge in [-0.05, 0) is 36.7 Å². The van der Waals surface area contributed by atoms with Crippen LogP contribution in [0.5, 0.6) is 0 Å². The molecule has 0 radical (unpaired) electrons. The van der Waals surface area contributed by atoms with E-state index >= 15 is 0 Å². The van der Waals surface area contributed by atoms with Gasteiger partial charge < -0.3 is 5.32 Å². The van der Waals surface area contributed by atoms with Crippen molar-refractivity contribution in [3.8, 4) is 0 Å². The second-order valence-corrected chi connectivity index (χ2v) is 5.58. The maximum absolute atomic E-state index is 4.21. The first-order valence-electron chi connectivity index (χ1n) is 6.54. The van der Waals surface area contributed by atoms with Gasteiger partial charge in [0.05, 0.1) is 0 Å². The van der Waals surface area contributed by atoms with Crippen LogP contribution in [-0.4, -0.2) is 11.5 Å². The molecule has 3 heteroatoms. The summed E-state index contributed by atoms with van der Waals surface area (Å²) in [4.78, 5) is 7.12. The number of pyridine rings is 1. The Labute approximate surface area is 113 Å². The molecule has 0 bridgehead atoms. The molecule has 1 unspecified atom stereocenters. The number of rotatable bonds is 6. The summed E-state index contributed by atoms with van der Waals surface area (Å²) in [5.74, 6) is 0. The van der Waals surface area contributed by atoms with E-state index in [4.69, 9.17) is 0 Å². The van der Waals surface area contributed by atoms with Gasteiger partial charge >= 0.3 is 0 Å². The van der Waals surface area contributed by atoms with E-state index in [2.05, 4.69) is 42.3 Å². The summed E-state index contributed by atoms with van der Waals surface area (Å²) in [6.07, 6.45) is 5.96. The van der Waals surface area contributed by atoms with E-state index < -0.39 is 0 Å².